The van der Waals surface area contributed by atoms with Gasteiger partial charge < -0.3 is 11.1 Å². The lowest BCUT2D eigenvalue weighted by atomic mass is 10.2. The highest BCUT2D eigenvalue weighted by Gasteiger charge is 2.34. The predicted octanol–water partition coefficient (Wildman–Crippen LogP) is -1.11. The maximum absolute atomic E-state index is 11.1. The van der Waals surface area contributed by atoms with Gasteiger partial charge in [0.1, 0.15) is 6.04 Å². The van der Waals surface area contributed by atoms with Gasteiger partial charge in [-0.2, -0.15) is 0 Å². The fraction of sp³-hybridized carbons (Fsp3) is 0.667. The molecule has 0 bridgehead atoms. The quantitative estimate of drug-likeness (QED) is 0.499. The predicted molar refractivity (Wildman–Crippen MR) is 38.8 cm³/mol. The largest absolute Gasteiger partial charge is 0.330 e. The minimum atomic E-state index is -0.405. The van der Waals surface area contributed by atoms with E-state index in [1.807, 2.05) is 0 Å². The van der Waals surface area contributed by atoms with Crippen LogP contribution in [-0.4, -0.2) is 36.5 Å². The summed E-state index contributed by atoms with van der Waals surface area (Å²) in [7, 11) is 1.45. The van der Waals surface area contributed by atoms with Gasteiger partial charge in [-0.15, -0.1) is 0 Å². The van der Waals surface area contributed by atoms with Crippen LogP contribution >= 0.6 is 0 Å². The molecule has 0 unspecified atom stereocenters. The van der Waals surface area contributed by atoms with E-state index >= 15 is 0 Å². The van der Waals surface area contributed by atoms with Crippen LogP contribution in [0.25, 0.3) is 0 Å². The number of nitrogens with zero attached hydrogens (tertiary/aromatic N) is 1. The topological polar surface area (TPSA) is 75.4 Å². The standard InChI is InChI=1S/C6H11N3O2/c1-9-5(10)4(2-3-7)8-6(9)11/h4H,2-3,7H2,1H3,(H,8,11)/t4-/m1/s1. The third-order valence-corrected chi connectivity index (χ3v) is 1.69. The number of amides is 3. The Morgan fingerprint density at radius 2 is 2.27 bits per heavy atom. The van der Waals surface area contributed by atoms with Crippen molar-refractivity contribution in [3.8, 4) is 0 Å². The first-order chi connectivity index (χ1) is 5.16. The Balaban J connectivity index is 2.60. The van der Waals surface area contributed by atoms with Crippen LogP contribution in [0.4, 0.5) is 4.79 Å². The molecule has 0 aliphatic carbocycles. The molecular weight excluding hydrogens is 146 g/mol. The SMILES string of the molecule is CN1C(=O)N[C@H](CCN)C1=O. The van der Waals surface area contributed by atoms with Crippen molar-refractivity contribution in [3.05, 3.63) is 0 Å². The molecule has 5 heteroatoms. The van der Waals surface area contributed by atoms with Crippen molar-refractivity contribution < 1.29 is 9.59 Å². The molecule has 0 aromatic rings. The van der Waals surface area contributed by atoms with E-state index in [-0.39, 0.29) is 11.9 Å². The van der Waals surface area contributed by atoms with E-state index in [9.17, 15) is 9.59 Å². The first kappa shape index (κ1) is 8.00. The molecule has 1 fully saturated rings. The molecule has 62 valence electrons. The van der Waals surface area contributed by atoms with Gasteiger partial charge in [-0.25, -0.2) is 4.79 Å². The van der Waals surface area contributed by atoms with E-state index in [0.717, 1.165) is 4.90 Å². The average Bonchev–Trinajstić information content (AvgIpc) is 2.19. The van der Waals surface area contributed by atoms with Gasteiger partial charge in [0.25, 0.3) is 5.91 Å². The summed E-state index contributed by atoms with van der Waals surface area (Å²) < 4.78 is 0. The van der Waals surface area contributed by atoms with E-state index in [1.165, 1.54) is 7.05 Å². The number of nitrogens with two attached hydrogens (primary N) is 1. The summed E-state index contributed by atoms with van der Waals surface area (Å²) >= 11 is 0. The summed E-state index contributed by atoms with van der Waals surface area (Å²) in [4.78, 5) is 23.0. The molecule has 11 heavy (non-hydrogen) atoms. The first-order valence-electron chi connectivity index (χ1n) is 3.45. The van der Waals surface area contributed by atoms with E-state index in [2.05, 4.69) is 5.32 Å². The number of likely N-dealkylation sites (N-methyl/N-ethyl adjacent to an activating group) is 1. The lowest BCUT2D eigenvalue weighted by molar-refractivity contribution is -0.126. The van der Waals surface area contributed by atoms with E-state index in [4.69, 9.17) is 5.73 Å². The molecule has 1 rings (SSSR count). The molecule has 1 atom stereocenters. The van der Waals surface area contributed by atoms with Gasteiger partial charge in [0, 0.05) is 7.05 Å². The van der Waals surface area contributed by atoms with Gasteiger partial charge in [0.05, 0.1) is 0 Å². The van der Waals surface area contributed by atoms with E-state index < -0.39 is 6.04 Å². The summed E-state index contributed by atoms with van der Waals surface area (Å²) in [6, 6.07) is -0.744. The number of hydrogen-bond acceptors (Lipinski definition) is 3. The van der Waals surface area contributed by atoms with Crippen molar-refractivity contribution in [2.45, 2.75) is 12.5 Å². The zero-order valence-electron chi connectivity index (χ0n) is 6.33. The zero-order chi connectivity index (χ0) is 8.43. The Bertz CT molecular complexity index is 192. The molecule has 0 spiro atoms. The van der Waals surface area contributed by atoms with Gasteiger partial charge in [0.15, 0.2) is 0 Å². The van der Waals surface area contributed by atoms with Crippen molar-refractivity contribution in [1.82, 2.24) is 10.2 Å². The second kappa shape index (κ2) is 2.87. The normalized spacial score (nSPS) is 24.2. The summed E-state index contributed by atoms with van der Waals surface area (Å²) in [5, 5.41) is 2.51. The van der Waals surface area contributed by atoms with Gasteiger partial charge in [-0.3, -0.25) is 9.69 Å². The second-order valence-electron chi connectivity index (χ2n) is 2.48. The molecule has 0 saturated carbocycles. The average molecular weight is 157 g/mol. The fourth-order valence-corrected chi connectivity index (χ4v) is 1.00. The number of imide groups is 1. The van der Waals surface area contributed by atoms with E-state index in [0.29, 0.717) is 13.0 Å². The number of rotatable bonds is 2. The van der Waals surface area contributed by atoms with Crippen LogP contribution in [0.5, 0.6) is 0 Å². The van der Waals surface area contributed by atoms with Gasteiger partial charge in [-0.1, -0.05) is 0 Å². The summed E-state index contributed by atoms with van der Waals surface area (Å²) in [5.41, 5.74) is 5.24. The Morgan fingerprint density at radius 1 is 1.64 bits per heavy atom. The molecule has 3 N–H and O–H groups in total. The Labute approximate surface area is 64.5 Å². The molecule has 0 aromatic carbocycles. The molecule has 0 aromatic heterocycles. The number of carbonyl (C=O) groups is 2. The minimum absolute atomic E-state index is 0.194. The molecule has 1 heterocycles. The lowest BCUT2D eigenvalue weighted by Gasteiger charge is -2.04. The zero-order valence-corrected chi connectivity index (χ0v) is 6.33. The smallest absolute Gasteiger partial charge is 0.324 e. The molecule has 1 saturated heterocycles. The lowest BCUT2D eigenvalue weighted by Crippen LogP contribution is -2.31. The molecule has 1 aliphatic heterocycles. The number of hydrogen-bond donors (Lipinski definition) is 2. The van der Waals surface area contributed by atoms with Crippen LogP contribution in [0.15, 0.2) is 0 Å². The van der Waals surface area contributed by atoms with Gasteiger partial charge in [-0.05, 0) is 13.0 Å². The Hall–Kier alpha value is -1.10. The molecule has 0 radical (unpaired) electrons. The molecule has 5 nitrogen and oxygen atoms in total. The summed E-state index contributed by atoms with van der Waals surface area (Å²) in [6.07, 6.45) is 0.509. The Morgan fingerprint density at radius 3 is 2.64 bits per heavy atom. The molecule has 3 amide bonds. The third kappa shape index (κ3) is 1.32. The molecule has 1 aliphatic rings. The number of carbonyl (C=O) groups excluding carboxylic acids is 2. The van der Waals surface area contributed by atoms with Crippen molar-refractivity contribution >= 4 is 11.9 Å². The number of urea groups is 1. The summed E-state index contributed by atoms with van der Waals surface area (Å²) in [5.74, 6) is -0.194. The van der Waals surface area contributed by atoms with Crippen LogP contribution < -0.4 is 11.1 Å². The van der Waals surface area contributed by atoms with Crippen LogP contribution in [0, 0.1) is 0 Å². The maximum Gasteiger partial charge on any atom is 0.324 e. The Kier molecular flexibility index (Phi) is 2.09. The van der Waals surface area contributed by atoms with Crippen LogP contribution in [0.2, 0.25) is 0 Å². The first-order valence-corrected chi connectivity index (χ1v) is 3.45. The minimum Gasteiger partial charge on any atom is -0.330 e. The monoisotopic (exact) mass is 157 g/mol. The van der Waals surface area contributed by atoms with E-state index in [1.54, 1.807) is 0 Å². The highest BCUT2D eigenvalue weighted by molar-refractivity contribution is 6.03. The second-order valence-corrected chi connectivity index (χ2v) is 2.48. The number of nitrogens with one attached hydrogen (secondary N) is 1. The van der Waals surface area contributed by atoms with Crippen molar-refractivity contribution in [2.75, 3.05) is 13.6 Å². The van der Waals surface area contributed by atoms with Crippen molar-refractivity contribution in [3.63, 3.8) is 0 Å². The fourth-order valence-electron chi connectivity index (χ4n) is 1.00. The maximum atomic E-state index is 11.1. The molecular formula is C6H11N3O2. The van der Waals surface area contributed by atoms with Crippen molar-refractivity contribution in [1.29, 1.82) is 0 Å². The van der Waals surface area contributed by atoms with Crippen LogP contribution in [0.1, 0.15) is 6.42 Å². The highest BCUT2D eigenvalue weighted by Crippen LogP contribution is 2.05. The van der Waals surface area contributed by atoms with Gasteiger partial charge in [0.2, 0.25) is 0 Å². The van der Waals surface area contributed by atoms with Gasteiger partial charge >= 0.3 is 6.03 Å². The van der Waals surface area contributed by atoms with Crippen LogP contribution in [-0.2, 0) is 4.79 Å². The van der Waals surface area contributed by atoms with Crippen LogP contribution in [0.3, 0.4) is 0 Å². The third-order valence-electron chi connectivity index (χ3n) is 1.69. The highest BCUT2D eigenvalue weighted by atomic mass is 16.2. The summed E-state index contributed by atoms with van der Waals surface area (Å²) in [6.45, 7) is 0.407. The van der Waals surface area contributed by atoms with Crippen molar-refractivity contribution in [2.24, 2.45) is 5.73 Å².